The second kappa shape index (κ2) is 7.09. The van der Waals surface area contributed by atoms with Crippen LogP contribution in [0.3, 0.4) is 0 Å². The number of rotatable bonds is 4. The van der Waals surface area contributed by atoms with E-state index in [1.54, 1.807) is 19.2 Å². The molecular weight excluding hydrogens is 292 g/mol. The number of hydrogen-bond donors (Lipinski definition) is 1. The molecule has 6 heteroatoms. The zero-order valence-corrected chi connectivity index (χ0v) is 13.2. The van der Waals surface area contributed by atoms with Gasteiger partial charge in [-0.15, -0.1) is 10.2 Å². The number of carbonyl (C=O) groups excluding carboxylic acids is 1. The molecule has 1 aliphatic heterocycles. The fraction of sp³-hybridized carbons (Fsp3) is 0.353. The minimum Gasteiger partial charge on any atom is -0.497 e. The van der Waals surface area contributed by atoms with Gasteiger partial charge in [0, 0.05) is 24.8 Å². The number of anilines is 2. The minimum absolute atomic E-state index is 0.0369. The highest BCUT2D eigenvalue weighted by Crippen LogP contribution is 2.20. The summed E-state index contributed by atoms with van der Waals surface area (Å²) in [6, 6.07) is 11.0. The molecule has 1 fully saturated rings. The normalized spacial score (nSPS) is 14.4. The van der Waals surface area contributed by atoms with Gasteiger partial charge < -0.3 is 15.0 Å². The molecule has 3 rings (SSSR count). The number of hydrogen-bond acceptors (Lipinski definition) is 5. The molecule has 1 N–H and O–H groups in total. The first kappa shape index (κ1) is 15.3. The fourth-order valence-corrected chi connectivity index (χ4v) is 2.62. The second-order valence-electron chi connectivity index (χ2n) is 5.51. The summed E-state index contributed by atoms with van der Waals surface area (Å²) in [6.45, 7) is 1.62. The molecule has 2 heterocycles. The highest BCUT2D eigenvalue weighted by molar-refractivity contribution is 5.92. The van der Waals surface area contributed by atoms with Crippen LogP contribution in [-0.4, -0.2) is 41.2 Å². The van der Waals surface area contributed by atoms with E-state index in [1.807, 2.05) is 29.2 Å². The van der Waals surface area contributed by atoms with Crippen molar-refractivity contribution >= 4 is 17.4 Å². The van der Waals surface area contributed by atoms with Crippen LogP contribution in [0.15, 0.2) is 36.4 Å². The summed E-state index contributed by atoms with van der Waals surface area (Å²) in [5.74, 6) is 1.32. The third-order valence-electron chi connectivity index (χ3n) is 3.87. The number of benzene rings is 1. The smallest absolute Gasteiger partial charge is 0.274 e. The molecule has 2 aromatic rings. The Hall–Kier alpha value is -2.63. The van der Waals surface area contributed by atoms with Gasteiger partial charge in [-0.1, -0.05) is 6.07 Å². The van der Waals surface area contributed by atoms with E-state index in [2.05, 4.69) is 15.5 Å². The van der Waals surface area contributed by atoms with Gasteiger partial charge in [-0.25, -0.2) is 0 Å². The lowest BCUT2D eigenvalue weighted by molar-refractivity contribution is 0.0717. The van der Waals surface area contributed by atoms with Gasteiger partial charge in [0.15, 0.2) is 11.5 Å². The van der Waals surface area contributed by atoms with Crippen LogP contribution < -0.4 is 10.1 Å². The molecule has 0 spiro atoms. The maximum absolute atomic E-state index is 12.3. The molecule has 0 saturated carbocycles. The van der Waals surface area contributed by atoms with Crippen LogP contribution in [0.5, 0.6) is 5.75 Å². The Kier molecular flexibility index (Phi) is 4.71. The molecule has 0 unspecified atom stereocenters. The lowest BCUT2D eigenvalue weighted by atomic mass is 10.1. The number of piperidine rings is 1. The van der Waals surface area contributed by atoms with Crippen LogP contribution in [-0.2, 0) is 0 Å². The summed E-state index contributed by atoms with van der Waals surface area (Å²) < 4.78 is 5.18. The number of carbonyl (C=O) groups is 1. The van der Waals surface area contributed by atoms with Crippen molar-refractivity contribution in [1.29, 1.82) is 0 Å². The Bertz CT molecular complexity index is 667. The molecule has 0 bridgehead atoms. The number of nitrogens with zero attached hydrogens (tertiary/aromatic N) is 3. The Morgan fingerprint density at radius 3 is 2.65 bits per heavy atom. The van der Waals surface area contributed by atoms with E-state index >= 15 is 0 Å². The second-order valence-corrected chi connectivity index (χ2v) is 5.51. The van der Waals surface area contributed by atoms with Crippen molar-refractivity contribution in [2.75, 3.05) is 25.5 Å². The topological polar surface area (TPSA) is 67.3 Å². The first-order valence-corrected chi connectivity index (χ1v) is 7.80. The maximum atomic E-state index is 12.3. The molecule has 1 saturated heterocycles. The molecular formula is C17H20N4O2. The number of aromatic nitrogens is 2. The first-order chi connectivity index (χ1) is 11.3. The van der Waals surface area contributed by atoms with Crippen molar-refractivity contribution in [3.05, 3.63) is 42.1 Å². The predicted octanol–water partition coefficient (Wildman–Crippen LogP) is 2.85. The zero-order chi connectivity index (χ0) is 16.1. The van der Waals surface area contributed by atoms with Gasteiger partial charge in [0.25, 0.3) is 5.91 Å². The largest absolute Gasteiger partial charge is 0.497 e. The van der Waals surface area contributed by atoms with E-state index in [4.69, 9.17) is 4.74 Å². The number of ether oxygens (including phenoxy) is 1. The van der Waals surface area contributed by atoms with Gasteiger partial charge in [0.1, 0.15) is 5.75 Å². The van der Waals surface area contributed by atoms with Crippen molar-refractivity contribution in [2.45, 2.75) is 19.3 Å². The molecule has 1 aromatic carbocycles. The molecule has 23 heavy (non-hydrogen) atoms. The Morgan fingerprint density at radius 2 is 1.96 bits per heavy atom. The van der Waals surface area contributed by atoms with Gasteiger partial charge in [-0.3, -0.25) is 4.79 Å². The van der Waals surface area contributed by atoms with Crippen LogP contribution in [0.2, 0.25) is 0 Å². The monoisotopic (exact) mass is 312 g/mol. The minimum atomic E-state index is -0.0369. The van der Waals surface area contributed by atoms with E-state index < -0.39 is 0 Å². The highest BCUT2D eigenvalue weighted by Gasteiger charge is 2.19. The van der Waals surface area contributed by atoms with Gasteiger partial charge in [0.2, 0.25) is 0 Å². The van der Waals surface area contributed by atoms with E-state index in [0.29, 0.717) is 11.5 Å². The van der Waals surface area contributed by atoms with E-state index in [0.717, 1.165) is 37.4 Å². The number of methoxy groups -OCH3 is 1. The molecule has 1 aromatic heterocycles. The summed E-state index contributed by atoms with van der Waals surface area (Å²) >= 11 is 0. The van der Waals surface area contributed by atoms with E-state index in [1.165, 1.54) is 6.42 Å². The average molecular weight is 312 g/mol. The van der Waals surface area contributed by atoms with E-state index in [9.17, 15) is 4.79 Å². The third-order valence-corrected chi connectivity index (χ3v) is 3.87. The molecule has 1 amide bonds. The fourth-order valence-electron chi connectivity index (χ4n) is 2.62. The van der Waals surface area contributed by atoms with Crippen molar-refractivity contribution < 1.29 is 9.53 Å². The summed E-state index contributed by atoms with van der Waals surface area (Å²) in [7, 11) is 1.62. The lowest BCUT2D eigenvalue weighted by Gasteiger charge is -2.26. The Balaban J connectivity index is 1.67. The van der Waals surface area contributed by atoms with Crippen LogP contribution in [0, 0.1) is 0 Å². The van der Waals surface area contributed by atoms with Crippen molar-refractivity contribution in [3.63, 3.8) is 0 Å². The standard InChI is InChI=1S/C17H20N4O2/c1-23-14-7-5-6-13(12-14)18-16-9-8-15(19-20-16)17(22)21-10-3-2-4-11-21/h5-9,12H,2-4,10-11H2,1H3,(H,18,20). The van der Waals surface area contributed by atoms with Crippen molar-refractivity contribution in [3.8, 4) is 5.75 Å². The summed E-state index contributed by atoms with van der Waals surface area (Å²) in [4.78, 5) is 14.2. The quantitative estimate of drug-likeness (QED) is 0.940. The molecule has 0 aliphatic carbocycles. The van der Waals surface area contributed by atoms with Gasteiger partial charge in [-0.05, 0) is 43.5 Å². The van der Waals surface area contributed by atoms with Crippen LogP contribution in [0.4, 0.5) is 11.5 Å². The van der Waals surface area contributed by atoms with Crippen LogP contribution in [0.1, 0.15) is 29.8 Å². The van der Waals surface area contributed by atoms with Crippen molar-refractivity contribution in [2.24, 2.45) is 0 Å². The number of amides is 1. The van der Waals surface area contributed by atoms with Gasteiger partial charge in [0.05, 0.1) is 7.11 Å². The summed E-state index contributed by atoms with van der Waals surface area (Å²) in [5.41, 5.74) is 1.25. The molecule has 0 atom stereocenters. The van der Waals surface area contributed by atoms with Crippen molar-refractivity contribution in [1.82, 2.24) is 15.1 Å². The Labute approximate surface area is 135 Å². The molecule has 120 valence electrons. The third kappa shape index (κ3) is 3.77. The summed E-state index contributed by atoms with van der Waals surface area (Å²) in [6.07, 6.45) is 3.32. The molecule has 6 nitrogen and oxygen atoms in total. The van der Waals surface area contributed by atoms with Crippen LogP contribution in [0.25, 0.3) is 0 Å². The van der Waals surface area contributed by atoms with Crippen LogP contribution >= 0.6 is 0 Å². The lowest BCUT2D eigenvalue weighted by Crippen LogP contribution is -2.36. The maximum Gasteiger partial charge on any atom is 0.274 e. The summed E-state index contributed by atoms with van der Waals surface area (Å²) in [5, 5.41) is 11.3. The first-order valence-electron chi connectivity index (χ1n) is 7.80. The molecule has 1 aliphatic rings. The number of nitrogens with one attached hydrogen (secondary N) is 1. The number of likely N-dealkylation sites (tertiary alicyclic amines) is 1. The van der Waals surface area contributed by atoms with Gasteiger partial charge >= 0.3 is 0 Å². The zero-order valence-electron chi connectivity index (χ0n) is 13.2. The molecule has 0 radical (unpaired) electrons. The SMILES string of the molecule is COc1cccc(Nc2ccc(C(=O)N3CCCCC3)nn2)c1. The highest BCUT2D eigenvalue weighted by atomic mass is 16.5. The van der Waals surface area contributed by atoms with Gasteiger partial charge in [-0.2, -0.15) is 0 Å². The Morgan fingerprint density at radius 1 is 1.13 bits per heavy atom. The average Bonchev–Trinajstić information content (AvgIpc) is 2.63. The predicted molar refractivity (Wildman–Crippen MR) is 88.1 cm³/mol. The van der Waals surface area contributed by atoms with E-state index in [-0.39, 0.29) is 5.91 Å².